The van der Waals surface area contributed by atoms with Gasteiger partial charge in [0.05, 0.1) is 0 Å². The molecule has 0 bridgehead atoms. The van der Waals surface area contributed by atoms with Gasteiger partial charge in [-0.1, -0.05) is 18.2 Å². The average Bonchev–Trinajstić information content (AvgIpc) is 3.26. The monoisotopic (exact) mass is 418 g/mol. The molecule has 0 aromatic heterocycles. The highest BCUT2D eigenvalue weighted by molar-refractivity contribution is 7.86. The van der Waals surface area contributed by atoms with E-state index in [4.69, 9.17) is 0 Å². The lowest BCUT2D eigenvalue weighted by Gasteiger charge is -2.24. The van der Waals surface area contributed by atoms with Gasteiger partial charge in [0.25, 0.3) is 0 Å². The predicted molar refractivity (Wildman–Crippen MR) is 121 cm³/mol. The number of nitrogens with one attached hydrogen (secondary N) is 1. The van der Waals surface area contributed by atoms with Crippen LogP contribution in [0.15, 0.2) is 29.3 Å². The number of hydrogen-bond acceptors (Lipinski definition) is 3. The number of guanidine groups is 1. The van der Waals surface area contributed by atoms with E-state index in [9.17, 15) is 9.00 Å². The van der Waals surface area contributed by atoms with Crippen LogP contribution in [0.25, 0.3) is 0 Å². The number of anilines is 1. The van der Waals surface area contributed by atoms with E-state index in [2.05, 4.69) is 39.5 Å². The lowest BCUT2D eigenvalue weighted by Crippen LogP contribution is -2.43. The third-order valence-corrected chi connectivity index (χ3v) is 7.65. The molecule has 0 radical (unpaired) electrons. The summed E-state index contributed by atoms with van der Waals surface area (Å²) in [5, 5.41) is 3.40. The molecule has 1 N–H and O–H groups in total. The van der Waals surface area contributed by atoms with Crippen LogP contribution in [0.2, 0.25) is 0 Å². The molecule has 2 heterocycles. The number of para-hydroxylation sites is 1. The van der Waals surface area contributed by atoms with Crippen molar-refractivity contribution < 1.29 is 9.00 Å². The number of hydrogen-bond donors (Lipinski definition) is 1. The molecule has 1 amide bonds. The normalized spacial score (nSPS) is 20.9. The molecule has 3 rings (SSSR count). The smallest absolute Gasteiger partial charge is 0.222 e. The molecule has 0 saturated carbocycles. The van der Waals surface area contributed by atoms with Crippen molar-refractivity contribution in [3.05, 3.63) is 29.8 Å². The van der Waals surface area contributed by atoms with E-state index in [-0.39, 0.29) is 10.7 Å². The summed E-state index contributed by atoms with van der Waals surface area (Å²) >= 11 is 0. The Morgan fingerprint density at radius 3 is 2.72 bits per heavy atom. The van der Waals surface area contributed by atoms with Crippen LogP contribution in [0, 0.1) is 0 Å². The van der Waals surface area contributed by atoms with Crippen molar-refractivity contribution >= 4 is 28.4 Å². The first-order valence-electron chi connectivity index (χ1n) is 10.5. The van der Waals surface area contributed by atoms with Gasteiger partial charge in [0.2, 0.25) is 5.91 Å². The van der Waals surface area contributed by atoms with Crippen molar-refractivity contribution in [2.45, 2.75) is 50.7 Å². The van der Waals surface area contributed by atoms with E-state index in [1.54, 1.807) is 7.05 Å². The second-order valence-electron chi connectivity index (χ2n) is 8.78. The van der Waals surface area contributed by atoms with Crippen molar-refractivity contribution in [3.8, 4) is 0 Å². The first-order chi connectivity index (χ1) is 13.8. The van der Waals surface area contributed by atoms with E-state index in [0.29, 0.717) is 24.6 Å². The van der Waals surface area contributed by atoms with Crippen LogP contribution >= 0.6 is 0 Å². The topological polar surface area (TPSA) is 65.0 Å². The molecule has 6 nitrogen and oxygen atoms in total. The van der Waals surface area contributed by atoms with Gasteiger partial charge in [-0.25, -0.2) is 0 Å². The Bertz CT molecular complexity index is 787. The fourth-order valence-corrected chi connectivity index (χ4v) is 4.95. The molecule has 160 valence electrons. The molecule has 2 aliphatic heterocycles. The maximum Gasteiger partial charge on any atom is 0.222 e. The van der Waals surface area contributed by atoms with Crippen molar-refractivity contribution in [2.24, 2.45) is 4.99 Å². The quantitative estimate of drug-likeness (QED) is 0.570. The molecule has 2 atom stereocenters. The van der Waals surface area contributed by atoms with Crippen LogP contribution in [0.1, 0.15) is 51.5 Å². The minimum Gasteiger partial charge on any atom is -0.355 e. The number of fused-ring (bicyclic) bond motifs is 1. The molecule has 7 heteroatoms. The third-order valence-electron chi connectivity index (χ3n) is 5.71. The standard InChI is InChI=1S/C22H34N4O2S/c1-22(2,3)29(28)15-12-24-21(23-4)26-16-17(18-8-5-6-9-19(18)26)11-14-25-13-7-10-20(25)27/h5-6,8-9,17H,7,10-16H2,1-4H3,(H,23,24). The molecule has 0 spiro atoms. The Morgan fingerprint density at radius 2 is 2.07 bits per heavy atom. The lowest BCUT2D eigenvalue weighted by molar-refractivity contribution is -0.127. The van der Waals surface area contributed by atoms with Crippen LogP contribution in [0.3, 0.4) is 0 Å². The van der Waals surface area contributed by atoms with Crippen molar-refractivity contribution in [2.75, 3.05) is 43.9 Å². The Hall–Kier alpha value is -1.89. The number of carbonyl (C=O) groups excluding carboxylic acids is 1. The largest absolute Gasteiger partial charge is 0.355 e. The van der Waals surface area contributed by atoms with Gasteiger partial charge in [0.15, 0.2) is 5.96 Å². The third kappa shape index (κ3) is 5.18. The molecule has 1 fully saturated rings. The van der Waals surface area contributed by atoms with Gasteiger partial charge in [-0.05, 0) is 45.2 Å². The highest BCUT2D eigenvalue weighted by atomic mass is 32.2. The van der Waals surface area contributed by atoms with Gasteiger partial charge in [-0.15, -0.1) is 0 Å². The summed E-state index contributed by atoms with van der Waals surface area (Å²) in [4.78, 5) is 20.7. The van der Waals surface area contributed by atoms with Crippen LogP contribution in [0.4, 0.5) is 5.69 Å². The zero-order valence-corrected chi connectivity index (χ0v) is 18.9. The Kier molecular flexibility index (Phi) is 6.98. The Balaban J connectivity index is 1.64. The summed E-state index contributed by atoms with van der Waals surface area (Å²) in [6.07, 6.45) is 2.64. The van der Waals surface area contributed by atoms with Crippen molar-refractivity contribution in [1.29, 1.82) is 0 Å². The fourth-order valence-electron chi connectivity index (χ4n) is 4.05. The average molecular weight is 419 g/mol. The maximum atomic E-state index is 12.3. The summed E-state index contributed by atoms with van der Waals surface area (Å²) < 4.78 is 12.1. The van der Waals surface area contributed by atoms with Crippen LogP contribution in [-0.4, -0.2) is 64.7 Å². The van der Waals surface area contributed by atoms with Crippen molar-refractivity contribution in [1.82, 2.24) is 10.2 Å². The minimum absolute atomic E-state index is 0.205. The molecule has 29 heavy (non-hydrogen) atoms. The molecule has 2 unspecified atom stereocenters. The minimum atomic E-state index is -0.891. The van der Waals surface area contributed by atoms with E-state index in [1.807, 2.05) is 25.7 Å². The second kappa shape index (κ2) is 9.28. The summed E-state index contributed by atoms with van der Waals surface area (Å²) in [6, 6.07) is 8.46. The van der Waals surface area contributed by atoms with Gasteiger partial charge in [-0.3, -0.25) is 14.0 Å². The molecule has 1 saturated heterocycles. The summed E-state index contributed by atoms with van der Waals surface area (Å²) in [7, 11) is 0.903. The molecule has 2 aliphatic rings. The van der Waals surface area contributed by atoms with E-state index < -0.39 is 10.8 Å². The van der Waals surface area contributed by atoms with E-state index in [1.165, 1.54) is 11.3 Å². The predicted octanol–water partition coefficient (Wildman–Crippen LogP) is 2.73. The number of aliphatic imine (C=N–C) groups is 1. The number of benzene rings is 1. The number of carbonyl (C=O) groups is 1. The maximum absolute atomic E-state index is 12.3. The Labute approximate surface area is 177 Å². The van der Waals surface area contributed by atoms with Crippen LogP contribution in [0.5, 0.6) is 0 Å². The molecular formula is C22H34N4O2S. The number of rotatable bonds is 6. The highest BCUT2D eigenvalue weighted by Crippen LogP contribution is 2.38. The molecule has 1 aromatic rings. The van der Waals surface area contributed by atoms with Gasteiger partial charge < -0.3 is 15.1 Å². The van der Waals surface area contributed by atoms with Crippen LogP contribution in [-0.2, 0) is 15.6 Å². The Morgan fingerprint density at radius 1 is 1.31 bits per heavy atom. The first-order valence-corrected chi connectivity index (χ1v) is 11.9. The molecule has 1 aromatic carbocycles. The van der Waals surface area contributed by atoms with Gasteiger partial charge in [-0.2, -0.15) is 0 Å². The zero-order valence-electron chi connectivity index (χ0n) is 18.1. The second-order valence-corrected chi connectivity index (χ2v) is 11.1. The van der Waals surface area contributed by atoms with Gasteiger partial charge in [0, 0.05) is 72.6 Å². The summed E-state index contributed by atoms with van der Waals surface area (Å²) in [6.45, 7) is 9.21. The SMILES string of the molecule is CN=C(NCCS(=O)C(C)(C)C)N1CC(CCN2CCCC2=O)c2ccccc21. The molecule has 0 aliphatic carbocycles. The zero-order chi connectivity index (χ0) is 21.0. The lowest BCUT2D eigenvalue weighted by atomic mass is 9.98. The van der Waals surface area contributed by atoms with Gasteiger partial charge >= 0.3 is 0 Å². The van der Waals surface area contributed by atoms with Crippen LogP contribution < -0.4 is 10.2 Å². The van der Waals surface area contributed by atoms with Crippen molar-refractivity contribution in [3.63, 3.8) is 0 Å². The number of nitrogens with zero attached hydrogens (tertiary/aromatic N) is 3. The number of amides is 1. The summed E-state index contributed by atoms with van der Waals surface area (Å²) in [5.41, 5.74) is 2.50. The first kappa shape index (κ1) is 21.8. The van der Waals surface area contributed by atoms with E-state index >= 15 is 0 Å². The van der Waals surface area contributed by atoms with Gasteiger partial charge in [0.1, 0.15) is 0 Å². The fraction of sp³-hybridized carbons (Fsp3) is 0.636. The molecular weight excluding hydrogens is 384 g/mol. The summed E-state index contributed by atoms with van der Waals surface area (Å²) in [5.74, 6) is 2.08. The highest BCUT2D eigenvalue weighted by Gasteiger charge is 2.32. The number of likely N-dealkylation sites (tertiary alicyclic amines) is 1. The van der Waals surface area contributed by atoms with E-state index in [0.717, 1.165) is 38.4 Å².